The van der Waals surface area contributed by atoms with Crippen LogP contribution in [0.15, 0.2) is 63.0 Å². The molecule has 8 heteroatoms. The zero-order chi connectivity index (χ0) is 20.7. The van der Waals surface area contributed by atoms with Crippen molar-refractivity contribution in [1.29, 1.82) is 0 Å². The van der Waals surface area contributed by atoms with Crippen LogP contribution in [0.25, 0.3) is 22.0 Å². The first-order valence-electron chi connectivity index (χ1n) is 9.56. The molecule has 3 heterocycles. The molecule has 0 aliphatic heterocycles. The highest BCUT2D eigenvalue weighted by Gasteiger charge is 2.12. The number of aromatic nitrogens is 5. The van der Waals surface area contributed by atoms with Crippen molar-refractivity contribution in [2.24, 2.45) is 0 Å². The number of thioether (sulfide) groups is 1. The van der Waals surface area contributed by atoms with Gasteiger partial charge >= 0.3 is 5.63 Å². The normalized spacial score (nSPS) is 11.5. The Morgan fingerprint density at radius 1 is 1.17 bits per heavy atom. The second kappa shape index (κ2) is 7.46. The number of benzene rings is 2. The van der Waals surface area contributed by atoms with E-state index in [4.69, 9.17) is 4.42 Å². The van der Waals surface area contributed by atoms with Gasteiger partial charge in [-0.05, 0) is 42.7 Å². The first-order chi connectivity index (χ1) is 14.6. The van der Waals surface area contributed by atoms with Gasteiger partial charge in [0.25, 0.3) is 0 Å². The fraction of sp³-hybridized carbons (Fsp3) is 0.182. The van der Waals surface area contributed by atoms with Crippen LogP contribution in [0.3, 0.4) is 0 Å². The molecule has 5 rings (SSSR count). The zero-order valence-corrected chi connectivity index (χ0v) is 17.4. The average molecular weight is 417 g/mol. The van der Waals surface area contributed by atoms with Crippen molar-refractivity contribution < 1.29 is 4.42 Å². The molecule has 3 aromatic heterocycles. The molecule has 1 N–H and O–H groups in total. The monoisotopic (exact) mass is 417 g/mol. The predicted octanol–water partition coefficient (Wildman–Crippen LogP) is 4.22. The van der Waals surface area contributed by atoms with E-state index >= 15 is 0 Å². The number of aryl methyl sites for hydroxylation is 2. The third kappa shape index (κ3) is 3.50. The Labute approximate surface area is 176 Å². The highest BCUT2D eigenvalue weighted by Crippen LogP contribution is 2.25. The van der Waals surface area contributed by atoms with Crippen molar-refractivity contribution in [2.45, 2.75) is 31.3 Å². The third-order valence-corrected chi connectivity index (χ3v) is 6.07. The molecule has 0 saturated carbocycles. The van der Waals surface area contributed by atoms with Gasteiger partial charge in [-0.2, -0.15) is 0 Å². The zero-order valence-electron chi connectivity index (χ0n) is 16.5. The lowest BCUT2D eigenvalue weighted by Crippen LogP contribution is -2.07. The standard InChI is InChI=1S/C22H19N5O2S/c1-13-7-8-17-15(9-20(28)29-21(17)14(13)2)10-27-11-16(25-26-27)12-30-22-23-18-5-3-4-6-19(18)24-22/h3-9,11H,10,12H2,1-2H3,(H,23,24). The molecule has 0 amide bonds. The summed E-state index contributed by atoms with van der Waals surface area (Å²) in [6, 6.07) is 13.5. The van der Waals surface area contributed by atoms with Crippen molar-refractivity contribution in [1.82, 2.24) is 25.0 Å². The van der Waals surface area contributed by atoms with Gasteiger partial charge in [0.1, 0.15) is 5.58 Å². The summed E-state index contributed by atoms with van der Waals surface area (Å²) < 4.78 is 7.20. The molecular weight excluding hydrogens is 398 g/mol. The molecule has 0 radical (unpaired) electrons. The first-order valence-corrected chi connectivity index (χ1v) is 10.5. The first kappa shape index (κ1) is 18.6. The molecular formula is C22H19N5O2S. The van der Waals surface area contributed by atoms with Crippen molar-refractivity contribution in [3.63, 3.8) is 0 Å². The average Bonchev–Trinajstić information content (AvgIpc) is 3.35. The van der Waals surface area contributed by atoms with Gasteiger partial charge in [-0.15, -0.1) is 5.10 Å². The van der Waals surface area contributed by atoms with Gasteiger partial charge in [-0.3, -0.25) is 0 Å². The molecule has 0 atom stereocenters. The molecule has 0 aliphatic rings. The lowest BCUT2D eigenvalue weighted by molar-refractivity contribution is 0.553. The number of hydrogen-bond acceptors (Lipinski definition) is 6. The number of hydrogen-bond donors (Lipinski definition) is 1. The molecule has 7 nitrogen and oxygen atoms in total. The van der Waals surface area contributed by atoms with Gasteiger partial charge in [-0.1, -0.05) is 41.2 Å². The van der Waals surface area contributed by atoms with Crippen molar-refractivity contribution in [2.75, 3.05) is 0 Å². The molecule has 5 aromatic rings. The largest absolute Gasteiger partial charge is 0.422 e. The number of H-pyrrole nitrogens is 1. The Morgan fingerprint density at radius 3 is 2.90 bits per heavy atom. The molecule has 0 spiro atoms. The van der Waals surface area contributed by atoms with Crippen LogP contribution in [-0.2, 0) is 12.3 Å². The lowest BCUT2D eigenvalue weighted by atomic mass is 10.0. The van der Waals surface area contributed by atoms with Crippen LogP contribution in [0.5, 0.6) is 0 Å². The number of imidazole rings is 1. The van der Waals surface area contributed by atoms with Gasteiger partial charge in [0.15, 0.2) is 5.16 Å². The Hall–Kier alpha value is -3.39. The van der Waals surface area contributed by atoms with Crippen LogP contribution < -0.4 is 5.63 Å². The molecule has 0 aliphatic carbocycles. The fourth-order valence-corrected chi connectivity index (χ4v) is 4.21. The second-order valence-corrected chi connectivity index (χ2v) is 8.19. The molecule has 150 valence electrons. The third-order valence-electron chi connectivity index (χ3n) is 5.16. The van der Waals surface area contributed by atoms with E-state index in [1.165, 1.54) is 6.07 Å². The summed E-state index contributed by atoms with van der Waals surface area (Å²) >= 11 is 1.58. The summed E-state index contributed by atoms with van der Waals surface area (Å²) in [6.45, 7) is 4.42. The van der Waals surface area contributed by atoms with E-state index in [2.05, 4.69) is 20.3 Å². The van der Waals surface area contributed by atoms with E-state index in [9.17, 15) is 4.79 Å². The SMILES string of the molecule is Cc1ccc2c(Cn3cc(CSc4nc5ccccc5[nH]4)nn3)cc(=O)oc2c1C. The molecule has 0 bridgehead atoms. The fourth-order valence-electron chi connectivity index (χ4n) is 3.45. The molecule has 0 saturated heterocycles. The van der Waals surface area contributed by atoms with Crippen LogP contribution in [0.4, 0.5) is 0 Å². The summed E-state index contributed by atoms with van der Waals surface area (Å²) in [5, 5.41) is 10.3. The number of nitrogens with one attached hydrogen (secondary N) is 1. The van der Waals surface area contributed by atoms with Gasteiger partial charge in [-0.25, -0.2) is 14.5 Å². The molecule has 2 aromatic carbocycles. The summed E-state index contributed by atoms with van der Waals surface area (Å²) in [4.78, 5) is 19.9. The number of aromatic amines is 1. The highest BCUT2D eigenvalue weighted by atomic mass is 32.2. The van der Waals surface area contributed by atoms with E-state index in [1.54, 1.807) is 16.4 Å². The van der Waals surface area contributed by atoms with Gasteiger partial charge in [0.2, 0.25) is 0 Å². The molecule has 0 unspecified atom stereocenters. The van der Waals surface area contributed by atoms with E-state index in [0.29, 0.717) is 17.9 Å². The number of rotatable bonds is 5. The minimum absolute atomic E-state index is 0.355. The van der Waals surface area contributed by atoms with Crippen LogP contribution in [0.2, 0.25) is 0 Å². The number of para-hydroxylation sites is 2. The quantitative estimate of drug-likeness (QED) is 0.340. The second-order valence-electron chi connectivity index (χ2n) is 7.23. The van der Waals surface area contributed by atoms with Gasteiger partial charge in [0.05, 0.1) is 23.3 Å². The van der Waals surface area contributed by atoms with Crippen molar-refractivity contribution in [3.05, 3.63) is 81.5 Å². The summed E-state index contributed by atoms with van der Waals surface area (Å²) in [6.07, 6.45) is 1.90. The smallest absolute Gasteiger partial charge is 0.336 e. The maximum absolute atomic E-state index is 12.1. The Bertz CT molecular complexity index is 1400. The highest BCUT2D eigenvalue weighted by molar-refractivity contribution is 7.98. The van der Waals surface area contributed by atoms with Crippen LogP contribution in [0.1, 0.15) is 22.4 Å². The minimum atomic E-state index is -0.355. The van der Waals surface area contributed by atoms with E-state index in [-0.39, 0.29) is 5.63 Å². The summed E-state index contributed by atoms with van der Waals surface area (Å²) in [7, 11) is 0. The topological polar surface area (TPSA) is 89.6 Å². The Kier molecular flexibility index (Phi) is 4.63. The lowest BCUT2D eigenvalue weighted by Gasteiger charge is -2.08. The Balaban J connectivity index is 1.36. The summed E-state index contributed by atoms with van der Waals surface area (Å²) in [5.41, 5.74) is 6.03. The molecule has 30 heavy (non-hydrogen) atoms. The predicted molar refractivity (Wildman–Crippen MR) is 117 cm³/mol. The maximum atomic E-state index is 12.1. The number of fused-ring (bicyclic) bond motifs is 2. The van der Waals surface area contributed by atoms with E-state index in [0.717, 1.165) is 44.0 Å². The van der Waals surface area contributed by atoms with E-state index < -0.39 is 0 Å². The van der Waals surface area contributed by atoms with Crippen LogP contribution in [0, 0.1) is 13.8 Å². The Morgan fingerprint density at radius 2 is 2.03 bits per heavy atom. The number of nitrogens with zero attached hydrogens (tertiary/aromatic N) is 4. The van der Waals surface area contributed by atoms with Crippen molar-refractivity contribution in [3.8, 4) is 0 Å². The van der Waals surface area contributed by atoms with Crippen LogP contribution in [-0.4, -0.2) is 25.0 Å². The maximum Gasteiger partial charge on any atom is 0.336 e. The van der Waals surface area contributed by atoms with E-state index in [1.807, 2.05) is 56.4 Å². The van der Waals surface area contributed by atoms with Crippen molar-refractivity contribution >= 4 is 33.8 Å². The molecule has 0 fully saturated rings. The van der Waals surface area contributed by atoms with Gasteiger partial charge in [0, 0.05) is 23.4 Å². The summed E-state index contributed by atoms with van der Waals surface area (Å²) in [5.74, 6) is 0.649. The van der Waals surface area contributed by atoms with Crippen LogP contribution >= 0.6 is 11.8 Å². The van der Waals surface area contributed by atoms with Gasteiger partial charge < -0.3 is 9.40 Å². The minimum Gasteiger partial charge on any atom is -0.422 e.